The maximum absolute atomic E-state index is 13.6. The monoisotopic (exact) mass is 956 g/mol. The molecule has 2 heterocycles. The molecule has 0 aromatic heterocycles. The Morgan fingerprint density at radius 1 is 0.333 bits per heavy atom. The molecule has 0 radical (unpaired) electrons. The van der Waals surface area contributed by atoms with Gasteiger partial charge in [-0.1, -0.05) is 0 Å². The Balaban J connectivity index is 0.00000108. The molecule has 0 aliphatic carbocycles. The van der Waals surface area contributed by atoms with Gasteiger partial charge in [0, 0.05) is 0 Å². The van der Waals surface area contributed by atoms with Crippen LogP contribution in [-0.2, 0) is 9.59 Å². The Hall–Kier alpha value is -2.12. The largest absolute Gasteiger partial charge is 2.00 e. The number of carboxylic acid groups (broad SMARTS) is 2. The predicted molar refractivity (Wildman–Crippen MR) is 98.6 cm³/mol. The first kappa shape index (κ1) is 54.9. The summed E-state index contributed by atoms with van der Waals surface area (Å²) in [6, 6.07) is -48.7. The van der Waals surface area contributed by atoms with E-state index >= 15 is 0 Å². The first-order valence-electron chi connectivity index (χ1n) is 11.7. The van der Waals surface area contributed by atoms with Crippen LogP contribution in [0.5, 0.6) is 0 Å². The van der Waals surface area contributed by atoms with Crippen LogP contribution in [0.15, 0.2) is 0 Å². The summed E-state index contributed by atoms with van der Waals surface area (Å²) in [5, 5.41) is 20.2. The molecule has 0 bridgehead atoms. The number of aliphatic carboxylic acids is 2. The van der Waals surface area contributed by atoms with E-state index in [1.807, 2.05) is 0 Å². The number of nitrogens with zero attached hydrogens (tertiary/aromatic N) is 2. The van der Waals surface area contributed by atoms with Gasteiger partial charge in [0.25, 0.3) is 0 Å². The molecular weight excluding hydrogens is 956 g/mol. The van der Waals surface area contributed by atoms with Crippen LogP contribution >= 0.6 is 0 Å². The van der Waals surface area contributed by atoms with E-state index in [0.717, 1.165) is 0 Å². The molecule has 2 atom stereocenters. The second kappa shape index (κ2) is 13.4. The van der Waals surface area contributed by atoms with Gasteiger partial charge in [-0.25, -0.2) is 8.78 Å². The van der Waals surface area contributed by atoms with Crippen LogP contribution < -0.4 is 10.2 Å². The van der Waals surface area contributed by atoms with Crippen molar-refractivity contribution in [2.24, 2.45) is 0 Å². The van der Waals surface area contributed by atoms with Gasteiger partial charge in [-0.2, -0.15) is 132 Å². The van der Waals surface area contributed by atoms with E-state index in [1.54, 1.807) is 0 Å². The third kappa shape index (κ3) is 6.12. The third-order valence-corrected chi connectivity index (χ3v) is 6.95. The van der Waals surface area contributed by atoms with Gasteiger partial charge < -0.3 is 19.8 Å². The Morgan fingerprint density at radius 3 is 0.579 bits per heavy atom. The van der Waals surface area contributed by atoms with E-state index in [4.69, 9.17) is 0 Å². The fraction of sp³-hybridized carbons (Fsp3) is 0.889. The van der Waals surface area contributed by atoms with Crippen molar-refractivity contribution in [3.8, 4) is 0 Å². The molecular formula is C18CaF32N2O4. The van der Waals surface area contributed by atoms with Crippen molar-refractivity contribution < 1.29 is 160 Å². The van der Waals surface area contributed by atoms with Gasteiger partial charge in [0.05, 0.1) is 11.9 Å². The Kier molecular flexibility index (Phi) is 12.9. The summed E-state index contributed by atoms with van der Waals surface area (Å²) in [4.78, 5) is 11.1. The summed E-state index contributed by atoms with van der Waals surface area (Å²) < 4.78 is 417. The minimum atomic E-state index is -8.24. The summed E-state index contributed by atoms with van der Waals surface area (Å²) in [7, 11) is 0. The first-order valence-corrected chi connectivity index (χ1v) is 11.7. The minimum absolute atomic E-state index is 0. The number of halogens is 32. The van der Waals surface area contributed by atoms with Gasteiger partial charge in [0.15, 0.2) is 0 Å². The van der Waals surface area contributed by atoms with Crippen molar-refractivity contribution in [2.75, 3.05) is 0 Å². The summed E-state index contributed by atoms with van der Waals surface area (Å²) in [6.45, 7) is 0. The van der Waals surface area contributed by atoms with Gasteiger partial charge >= 0.3 is 133 Å². The number of hydrogen-bond donors (Lipinski definition) is 0. The number of rotatable bonds is 6. The topological polar surface area (TPSA) is 86.7 Å². The van der Waals surface area contributed by atoms with E-state index < -0.39 is 117 Å². The second-order valence-corrected chi connectivity index (χ2v) is 10.3. The molecule has 0 amide bonds. The molecule has 0 aromatic carbocycles. The summed E-state index contributed by atoms with van der Waals surface area (Å²) in [5.41, 5.74) is -15.5. The van der Waals surface area contributed by atoms with Crippen LogP contribution in [0.3, 0.4) is 0 Å². The van der Waals surface area contributed by atoms with Gasteiger partial charge in [-0.3, -0.25) is 0 Å². The smallest absolute Gasteiger partial charge is 0.546 e. The number of alkyl halides is 32. The number of hydrogen-bond acceptors (Lipinski definition) is 6. The Labute approximate surface area is 315 Å². The molecule has 2 unspecified atom stereocenters. The van der Waals surface area contributed by atoms with Crippen molar-refractivity contribution in [1.82, 2.24) is 9.80 Å². The maximum atomic E-state index is 13.6. The molecule has 39 heteroatoms. The minimum Gasteiger partial charge on any atom is -0.546 e. The number of carboxylic acids is 2. The van der Waals surface area contributed by atoms with Crippen LogP contribution in [0.2, 0.25) is 0 Å². The quantitative estimate of drug-likeness (QED) is 0.195. The second-order valence-electron chi connectivity index (χ2n) is 10.3. The van der Waals surface area contributed by atoms with Crippen molar-refractivity contribution in [2.45, 2.75) is 95.5 Å². The maximum Gasteiger partial charge on any atom is 2.00 e. The Bertz CT molecular complexity index is 1400. The number of likely N-dealkylation sites (tertiary alicyclic amines) is 2. The van der Waals surface area contributed by atoms with Gasteiger partial charge in [0.1, 0.15) is 0 Å². The molecule has 0 spiro atoms. The zero-order valence-corrected chi connectivity index (χ0v) is 26.5. The zero-order valence-electron chi connectivity index (χ0n) is 24.3. The fourth-order valence-electron chi connectivity index (χ4n) is 3.90. The number of piperidine rings is 2. The van der Waals surface area contributed by atoms with Gasteiger partial charge in [-0.15, -0.1) is 9.80 Å². The van der Waals surface area contributed by atoms with E-state index in [9.17, 15) is 160 Å². The SMILES string of the molecule is O=C([O-])C(F)(C(F)(F)F)C(F)(F)N1C(F)(F)C(F)(F)C(F)(F)C(F)(F)C1(F)F.O=C([O-])C(F)(C(F)(F)F)C(F)(F)N1C(F)(F)C(F)(F)C(F)(F)C(F)(F)C1(F)F.[Ca+2]. The standard InChI is InChI=1S/2C9HF16NO2.Ca/c2*10-2(1(27)28,6(17,18)19)7(20,21)26-8(22,23)4(13,14)3(11,12)5(15,16)9(26,24)25;/h2*(H,27,28);/q;;+2/p-2. The van der Waals surface area contributed by atoms with E-state index in [-0.39, 0.29) is 37.7 Å². The molecule has 0 saturated carbocycles. The first-order chi connectivity index (χ1) is 23.6. The molecule has 0 N–H and O–H groups in total. The average molecular weight is 956 g/mol. The van der Waals surface area contributed by atoms with E-state index in [0.29, 0.717) is 0 Å². The Morgan fingerprint density at radius 2 is 0.474 bits per heavy atom. The number of carbonyl (C=O) groups is 2. The molecule has 2 fully saturated rings. The van der Waals surface area contributed by atoms with Crippen LogP contribution in [0.25, 0.3) is 0 Å². The number of carbonyl (C=O) groups excluding carboxylic acids is 2. The van der Waals surface area contributed by atoms with Crippen LogP contribution in [0, 0.1) is 0 Å². The molecule has 2 rings (SSSR count). The van der Waals surface area contributed by atoms with Crippen molar-refractivity contribution in [3.05, 3.63) is 0 Å². The molecule has 332 valence electrons. The summed E-state index contributed by atoms with van der Waals surface area (Å²) >= 11 is 0. The van der Waals surface area contributed by atoms with Crippen LogP contribution in [0.1, 0.15) is 0 Å². The van der Waals surface area contributed by atoms with E-state index in [2.05, 4.69) is 0 Å². The molecule has 6 nitrogen and oxygen atoms in total. The summed E-state index contributed by atoms with van der Waals surface area (Å²) in [5.74, 6) is -57.4. The molecule has 57 heavy (non-hydrogen) atoms. The van der Waals surface area contributed by atoms with E-state index in [1.165, 1.54) is 0 Å². The van der Waals surface area contributed by atoms with Crippen molar-refractivity contribution in [1.29, 1.82) is 0 Å². The van der Waals surface area contributed by atoms with Crippen LogP contribution in [-0.4, -0.2) is 155 Å². The van der Waals surface area contributed by atoms with Gasteiger partial charge in [-0.05, 0) is 0 Å². The van der Waals surface area contributed by atoms with Crippen LogP contribution in [0.4, 0.5) is 140 Å². The summed E-state index contributed by atoms with van der Waals surface area (Å²) in [6.07, 6.45) is -15.5. The zero-order chi connectivity index (χ0) is 46.3. The normalized spacial score (nSPS) is 27.9. The predicted octanol–water partition coefficient (Wildman–Crippen LogP) is 5.63. The average Bonchev–Trinajstić information content (AvgIpc) is 2.92. The molecule has 2 aliphatic rings. The molecule has 2 saturated heterocycles. The molecule has 2 aliphatic heterocycles. The fourth-order valence-corrected chi connectivity index (χ4v) is 3.90. The molecule has 0 aromatic rings. The van der Waals surface area contributed by atoms with Crippen molar-refractivity contribution >= 4 is 49.7 Å². The van der Waals surface area contributed by atoms with Crippen molar-refractivity contribution in [3.63, 3.8) is 0 Å². The third-order valence-electron chi connectivity index (χ3n) is 6.95. The van der Waals surface area contributed by atoms with Gasteiger partial charge in [0.2, 0.25) is 0 Å².